The second-order valence-corrected chi connectivity index (χ2v) is 12.7. The van der Waals surface area contributed by atoms with Crippen molar-refractivity contribution < 1.29 is 29.3 Å². The second-order valence-electron chi connectivity index (χ2n) is 12.7. The lowest BCUT2D eigenvalue weighted by Crippen LogP contribution is -2.59. The molecule has 0 saturated heterocycles. The predicted octanol–water partition coefficient (Wildman–Crippen LogP) is 1.16. The Hall–Kier alpha value is -2.99. The van der Waals surface area contributed by atoms with Gasteiger partial charge in [0.25, 0.3) is 0 Å². The van der Waals surface area contributed by atoms with Crippen molar-refractivity contribution in [3.8, 4) is 0 Å². The van der Waals surface area contributed by atoms with Crippen molar-refractivity contribution in [3.63, 3.8) is 0 Å². The number of carbonyl (C=O) groups is 2. The Balaban J connectivity index is 2.11. The van der Waals surface area contributed by atoms with Crippen molar-refractivity contribution in [2.45, 2.75) is 104 Å². The highest BCUT2D eigenvalue weighted by Gasteiger charge is 2.38. The van der Waals surface area contributed by atoms with E-state index < -0.39 is 71.7 Å². The third-order valence-electron chi connectivity index (χ3n) is 6.74. The minimum absolute atomic E-state index is 0.133. The molecule has 4 atom stereocenters. The first-order valence-corrected chi connectivity index (χ1v) is 13.8. The summed E-state index contributed by atoms with van der Waals surface area (Å²) in [5, 5.41) is 20.8. The molecule has 1 aliphatic rings. The SMILES string of the molecule is C=CCn1c(=O)n(CC(O)COC(=O)C2CCCCC2C(=O)OCC(O)CC(C)(C)C)c(=O)n(C(C)(C)C)c1=O. The molecular formula is C28H45N3O9. The van der Waals surface area contributed by atoms with Crippen molar-refractivity contribution in [1.82, 2.24) is 13.7 Å². The lowest BCUT2D eigenvalue weighted by Gasteiger charge is -2.29. The summed E-state index contributed by atoms with van der Waals surface area (Å²) in [6, 6.07) is 0. The Morgan fingerprint density at radius 1 is 0.875 bits per heavy atom. The summed E-state index contributed by atoms with van der Waals surface area (Å²) in [5.41, 5.74) is -3.68. The standard InChI is InChI=1S/C28H45N3O9/c1-8-13-29-24(36)30(26(38)31(25(29)37)28(5,6)7)15-19(33)17-40-23(35)21-12-10-9-11-20(21)22(34)39-16-18(32)14-27(2,3)4/h8,18-21,32-33H,1,9-17H2,2-7H3. The highest BCUT2D eigenvalue weighted by molar-refractivity contribution is 5.82. The van der Waals surface area contributed by atoms with Crippen LogP contribution in [0, 0.1) is 17.3 Å². The van der Waals surface area contributed by atoms with Gasteiger partial charge in [-0.3, -0.25) is 9.59 Å². The quantitative estimate of drug-likeness (QED) is 0.296. The smallest absolute Gasteiger partial charge is 0.337 e. The molecule has 2 N–H and O–H groups in total. The number of allylic oxidation sites excluding steroid dienone is 1. The number of aromatic nitrogens is 3. The number of aliphatic hydroxyl groups excluding tert-OH is 2. The zero-order valence-electron chi connectivity index (χ0n) is 24.6. The van der Waals surface area contributed by atoms with Gasteiger partial charge in [0, 0.05) is 5.54 Å². The summed E-state index contributed by atoms with van der Waals surface area (Å²) in [5.74, 6) is -2.77. The fourth-order valence-corrected chi connectivity index (χ4v) is 4.94. The Bertz CT molecular complexity index is 1230. The summed E-state index contributed by atoms with van der Waals surface area (Å²) < 4.78 is 13.1. The molecule has 4 unspecified atom stereocenters. The van der Waals surface area contributed by atoms with Gasteiger partial charge < -0.3 is 19.7 Å². The zero-order chi connectivity index (χ0) is 30.4. The molecule has 1 aromatic rings. The molecule has 0 amide bonds. The molecule has 0 aliphatic heterocycles. The molecule has 0 spiro atoms. The molecule has 0 radical (unpaired) electrons. The number of hydrogen-bond donors (Lipinski definition) is 2. The second kappa shape index (κ2) is 13.6. The molecule has 2 rings (SSSR count). The topological polar surface area (TPSA) is 159 Å². The number of aliphatic hydroxyl groups is 2. The maximum absolute atomic E-state index is 13.0. The fraction of sp³-hybridized carbons (Fsp3) is 0.750. The van der Waals surface area contributed by atoms with Crippen LogP contribution in [0.15, 0.2) is 27.0 Å². The first-order chi connectivity index (χ1) is 18.5. The monoisotopic (exact) mass is 567 g/mol. The van der Waals surface area contributed by atoms with Crippen LogP contribution in [-0.2, 0) is 37.7 Å². The van der Waals surface area contributed by atoms with Gasteiger partial charge in [-0.2, -0.15) is 0 Å². The van der Waals surface area contributed by atoms with Gasteiger partial charge in [-0.1, -0.05) is 39.7 Å². The molecule has 1 saturated carbocycles. The number of ether oxygens (including phenoxy) is 2. The van der Waals surface area contributed by atoms with Gasteiger partial charge >= 0.3 is 29.0 Å². The summed E-state index contributed by atoms with van der Waals surface area (Å²) in [7, 11) is 0. The number of carbonyl (C=O) groups excluding carboxylic acids is 2. The Morgan fingerprint density at radius 3 is 1.80 bits per heavy atom. The Kier molecular flexibility index (Phi) is 11.3. The molecule has 1 heterocycles. The molecule has 1 fully saturated rings. The van der Waals surface area contributed by atoms with Crippen molar-refractivity contribution in [2.24, 2.45) is 17.3 Å². The van der Waals surface area contributed by atoms with E-state index in [0.717, 1.165) is 20.1 Å². The Labute approximate surface area is 234 Å². The van der Waals surface area contributed by atoms with E-state index in [1.807, 2.05) is 20.8 Å². The van der Waals surface area contributed by atoms with Crippen LogP contribution in [0.25, 0.3) is 0 Å². The number of rotatable bonds is 11. The highest BCUT2D eigenvalue weighted by atomic mass is 16.6. The van der Waals surface area contributed by atoms with Gasteiger partial charge in [-0.05, 0) is 45.4 Å². The van der Waals surface area contributed by atoms with E-state index in [9.17, 15) is 34.2 Å². The van der Waals surface area contributed by atoms with Crippen LogP contribution in [0.3, 0.4) is 0 Å². The van der Waals surface area contributed by atoms with E-state index in [0.29, 0.717) is 25.7 Å². The van der Waals surface area contributed by atoms with Gasteiger partial charge in [-0.15, -0.1) is 6.58 Å². The van der Waals surface area contributed by atoms with Crippen LogP contribution in [-0.4, -0.2) is 61.3 Å². The summed E-state index contributed by atoms with van der Waals surface area (Å²) in [6.07, 6.45) is 1.83. The first-order valence-electron chi connectivity index (χ1n) is 13.8. The Morgan fingerprint density at radius 2 is 1.35 bits per heavy atom. The molecule has 40 heavy (non-hydrogen) atoms. The van der Waals surface area contributed by atoms with Gasteiger partial charge in [0.15, 0.2) is 0 Å². The number of esters is 2. The van der Waals surface area contributed by atoms with Crippen LogP contribution in [0.5, 0.6) is 0 Å². The van der Waals surface area contributed by atoms with Gasteiger partial charge in [0.1, 0.15) is 19.3 Å². The third-order valence-corrected chi connectivity index (χ3v) is 6.74. The van der Waals surface area contributed by atoms with Gasteiger partial charge in [0.2, 0.25) is 0 Å². The van der Waals surface area contributed by atoms with E-state index in [1.54, 1.807) is 20.8 Å². The normalized spacial score (nSPS) is 19.5. The largest absolute Gasteiger partial charge is 0.463 e. The maximum Gasteiger partial charge on any atom is 0.337 e. The van der Waals surface area contributed by atoms with Crippen molar-refractivity contribution in [2.75, 3.05) is 13.2 Å². The summed E-state index contributed by atoms with van der Waals surface area (Å²) in [6.45, 7) is 13.0. The van der Waals surface area contributed by atoms with E-state index in [-0.39, 0.29) is 18.6 Å². The average Bonchev–Trinajstić information content (AvgIpc) is 2.84. The molecule has 12 heteroatoms. The molecule has 1 aliphatic carbocycles. The van der Waals surface area contributed by atoms with Crippen molar-refractivity contribution in [3.05, 3.63) is 44.1 Å². The van der Waals surface area contributed by atoms with E-state index >= 15 is 0 Å². The summed E-state index contributed by atoms with van der Waals surface area (Å²) >= 11 is 0. The fourth-order valence-electron chi connectivity index (χ4n) is 4.94. The van der Waals surface area contributed by atoms with Crippen LogP contribution in [0.1, 0.15) is 73.6 Å². The third kappa shape index (κ3) is 8.76. The molecular weight excluding hydrogens is 522 g/mol. The minimum Gasteiger partial charge on any atom is -0.463 e. The van der Waals surface area contributed by atoms with Gasteiger partial charge in [0.05, 0.1) is 31.0 Å². The van der Waals surface area contributed by atoms with E-state index in [4.69, 9.17) is 9.47 Å². The number of hydrogen-bond acceptors (Lipinski definition) is 9. The lowest BCUT2D eigenvalue weighted by molar-refractivity contribution is -0.166. The van der Waals surface area contributed by atoms with Crippen LogP contribution in [0.4, 0.5) is 0 Å². The predicted molar refractivity (Wildman–Crippen MR) is 148 cm³/mol. The van der Waals surface area contributed by atoms with Crippen LogP contribution >= 0.6 is 0 Å². The van der Waals surface area contributed by atoms with E-state index in [1.165, 1.54) is 6.08 Å². The van der Waals surface area contributed by atoms with Crippen molar-refractivity contribution >= 4 is 11.9 Å². The lowest BCUT2D eigenvalue weighted by atomic mass is 9.79. The van der Waals surface area contributed by atoms with E-state index in [2.05, 4.69) is 6.58 Å². The minimum atomic E-state index is -1.43. The van der Waals surface area contributed by atoms with Crippen LogP contribution in [0.2, 0.25) is 0 Å². The molecule has 1 aromatic heterocycles. The highest BCUT2D eigenvalue weighted by Crippen LogP contribution is 2.32. The molecule has 226 valence electrons. The van der Waals surface area contributed by atoms with Crippen LogP contribution < -0.4 is 17.1 Å². The molecule has 0 bridgehead atoms. The van der Waals surface area contributed by atoms with Crippen molar-refractivity contribution in [1.29, 1.82) is 0 Å². The average molecular weight is 568 g/mol. The number of nitrogens with zero attached hydrogens (tertiary/aromatic N) is 3. The maximum atomic E-state index is 13.0. The molecule has 12 nitrogen and oxygen atoms in total. The van der Waals surface area contributed by atoms with Gasteiger partial charge in [-0.25, -0.2) is 28.1 Å². The summed E-state index contributed by atoms with van der Waals surface area (Å²) in [4.78, 5) is 64.4. The molecule has 0 aromatic carbocycles. The zero-order valence-corrected chi connectivity index (χ0v) is 24.6. The first kappa shape index (κ1) is 33.2.